The second-order valence-electron chi connectivity index (χ2n) is 5.06. The van der Waals surface area contributed by atoms with Gasteiger partial charge in [-0.25, -0.2) is 9.78 Å². The first-order valence-corrected chi connectivity index (χ1v) is 8.68. The number of carbonyl (C=O) groups excluding carboxylic acids is 2. The predicted octanol–water partition coefficient (Wildman–Crippen LogP) is 2.17. The summed E-state index contributed by atoms with van der Waals surface area (Å²) in [6, 6.07) is 7.07. The molecule has 1 aromatic carbocycles. The number of nitrogens with one attached hydrogen (secondary N) is 2. The summed E-state index contributed by atoms with van der Waals surface area (Å²) in [5.41, 5.74) is 1.47. The highest BCUT2D eigenvalue weighted by atomic mass is 32.2. The summed E-state index contributed by atoms with van der Waals surface area (Å²) in [6.07, 6.45) is 3.37. The number of ether oxygens (including phenoxy) is 1. The van der Waals surface area contributed by atoms with Crippen LogP contribution in [0.4, 0.5) is 0 Å². The maximum absolute atomic E-state index is 11.9. The lowest BCUT2D eigenvalue weighted by Crippen LogP contribution is -2.29. The molecule has 0 saturated carbocycles. The third kappa shape index (κ3) is 6.04. The number of unbranched alkanes of at least 4 members (excludes halogenated alkanes) is 1. The zero-order chi connectivity index (χ0) is 17.2. The first kappa shape index (κ1) is 18.0. The molecule has 0 spiro atoms. The summed E-state index contributed by atoms with van der Waals surface area (Å²) < 4.78 is 5.00. The van der Waals surface area contributed by atoms with Gasteiger partial charge in [-0.05, 0) is 24.1 Å². The van der Waals surface area contributed by atoms with Crippen molar-refractivity contribution < 1.29 is 14.3 Å². The standard InChI is InChI=1S/C16H20N4O3S/c1-2-3-8-17-14(21)9-23-15(22)13-6-4-12(5-7-13)10-24-16-18-11-19-20-16/h4-7,11H,2-3,8-10H2,1H3,(H,17,21)(H,18,19,20). The van der Waals surface area contributed by atoms with Gasteiger partial charge in [0.25, 0.3) is 5.91 Å². The first-order chi connectivity index (χ1) is 11.7. The lowest BCUT2D eigenvalue weighted by atomic mass is 10.1. The summed E-state index contributed by atoms with van der Waals surface area (Å²) in [5.74, 6) is -0.0726. The van der Waals surface area contributed by atoms with E-state index in [2.05, 4.69) is 20.5 Å². The zero-order valence-corrected chi connectivity index (χ0v) is 14.3. The molecule has 0 radical (unpaired) electrons. The Bertz CT molecular complexity index is 644. The predicted molar refractivity (Wildman–Crippen MR) is 90.6 cm³/mol. The first-order valence-electron chi connectivity index (χ1n) is 7.70. The van der Waals surface area contributed by atoms with Crippen LogP contribution in [0.15, 0.2) is 35.7 Å². The van der Waals surface area contributed by atoms with Gasteiger partial charge in [0.1, 0.15) is 6.33 Å². The molecule has 1 heterocycles. The number of esters is 1. The number of hydrogen-bond acceptors (Lipinski definition) is 6. The maximum Gasteiger partial charge on any atom is 0.338 e. The minimum absolute atomic E-state index is 0.258. The van der Waals surface area contributed by atoms with Crippen molar-refractivity contribution in [1.82, 2.24) is 20.5 Å². The summed E-state index contributed by atoms with van der Waals surface area (Å²) in [5, 5.41) is 9.99. The Morgan fingerprint density at radius 1 is 1.29 bits per heavy atom. The van der Waals surface area contributed by atoms with Gasteiger partial charge in [0.15, 0.2) is 11.8 Å². The highest BCUT2D eigenvalue weighted by Crippen LogP contribution is 2.18. The van der Waals surface area contributed by atoms with Gasteiger partial charge in [0.05, 0.1) is 5.56 Å². The molecule has 0 fully saturated rings. The fraction of sp³-hybridized carbons (Fsp3) is 0.375. The molecule has 1 aromatic heterocycles. The van der Waals surface area contributed by atoms with Gasteiger partial charge in [-0.1, -0.05) is 37.2 Å². The maximum atomic E-state index is 11.9. The van der Waals surface area contributed by atoms with Crippen LogP contribution in [-0.2, 0) is 15.3 Å². The van der Waals surface area contributed by atoms with Crippen molar-refractivity contribution in [3.8, 4) is 0 Å². The molecule has 0 aliphatic rings. The van der Waals surface area contributed by atoms with Crippen LogP contribution in [0.2, 0.25) is 0 Å². The molecule has 0 atom stereocenters. The Kier molecular flexibility index (Phi) is 7.28. The van der Waals surface area contributed by atoms with Gasteiger partial charge in [-0.3, -0.25) is 9.89 Å². The number of nitrogens with zero attached hydrogens (tertiary/aromatic N) is 2. The largest absolute Gasteiger partial charge is 0.452 e. The highest BCUT2D eigenvalue weighted by Gasteiger charge is 2.10. The quantitative estimate of drug-likeness (QED) is 0.409. The summed E-state index contributed by atoms with van der Waals surface area (Å²) in [6.45, 7) is 2.38. The van der Waals surface area contributed by atoms with E-state index in [9.17, 15) is 9.59 Å². The molecule has 0 aliphatic heterocycles. The lowest BCUT2D eigenvalue weighted by Gasteiger charge is -2.06. The lowest BCUT2D eigenvalue weighted by molar-refractivity contribution is -0.124. The van der Waals surface area contributed by atoms with E-state index in [0.717, 1.165) is 23.6 Å². The van der Waals surface area contributed by atoms with Crippen LogP contribution in [-0.4, -0.2) is 40.2 Å². The minimum Gasteiger partial charge on any atom is -0.452 e. The van der Waals surface area contributed by atoms with Crippen molar-refractivity contribution in [2.75, 3.05) is 13.2 Å². The smallest absolute Gasteiger partial charge is 0.338 e. The topological polar surface area (TPSA) is 97.0 Å². The number of thioether (sulfide) groups is 1. The van der Waals surface area contributed by atoms with Crippen LogP contribution < -0.4 is 5.32 Å². The van der Waals surface area contributed by atoms with E-state index >= 15 is 0 Å². The number of carbonyl (C=O) groups is 2. The molecule has 7 nitrogen and oxygen atoms in total. The molecule has 0 bridgehead atoms. The average molecular weight is 348 g/mol. The fourth-order valence-corrected chi connectivity index (χ4v) is 2.56. The Morgan fingerprint density at radius 2 is 2.08 bits per heavy atom. The minimum atomic E-state index is -0.505. The van der Waals surface area contributed by atoms with Gasteiger partial charge in [0, 0.05) is 12.3 Å². The van der Waals surface area contributed by atoms with Crippen molar-refractivity contribution in [2.45, 2.75) is 30.7 Å². The van der Waals surface area contributed by atoms with Gasteiger partial charge in [0.2, 0.25) is 0 Å². The van der Waals surface area contributed by atoms with Gasteiger partial charge < -0.3 is 10.1 Å². The van der Waals surface area contributed by atoms with E-state index in [1.165, 1.54) is 18.1 Å². The van der Waals surface area contributed by atoms with Crippen LogP contribution in [0.1, 0.15) is 35.7 Å². The normalized spacial score (nSPS) is 10.4. The summed E-state index contributed by atoms with van der Waals surface area (Å²) in [7, 11) is 0. The second kappa shape index (κ2) is 9.71. The van der Waals surface area contributed by atoms with Gasteiger partial charge >= 0.3 is 5.97 Å². The van der Waals surface area contributed by atoms with E-state index in [4.69, 9.17) is 4.74 Å². The zero-order valence-electron chi connectivity index (χ0n) is 13.4. The number of benzene rings is 1. The molecular weight excluding hydrogens is 328 g/mol. The van der Waals surface area contributed by atoms with E-state index in [0.29, 0.717) is 17.9 Å². The molecule has 24 heavy (non-hydrogen) atoms. The fourth-order valence-electron chi connectivity index (χ4n) is 1.82. The highest BCUT2D eigenvalue weighted by molar-refractivity contribution is 7.98. The Balaban J connectivity index is 1.75. The van der Waals surface area contributed by atoms with Gasteiger partial charge in [-0.2, -0.15) is 5.10 Å². The molecule has 8 heteroatoms. The molecule has 2 N–H and O–H groups in total. The van der Waals surface area contributed by atoms with Crippen LogP contribution in [0.5, 0.6) is 0 Å². The van der Waals surface area contributed by atoms with Crippen molar-refractivity contribution in [3.05, 3.63) is 41.7 Å². The van der Waals surface area contributed by atoms with E-state index in [1.807, 2.05) is 19.1 Å². The van der Waals surface area contributed by atoms with E-state index < -0.39 is 5.97 Å². The number of hydrogen-bond donors (Lipinski definition) is 2. The number of aromatic amines is 1. The number of amides is 1. The SMILES string of the molecule is CCCCNC(=O)COC(=O)c1ccc(CSc2ncn[nH]2)cc1. The Hall–Kier alpha value is -2.35. The molecule has 2 aromatic rings. The summed E-state index contributed by atoms with van der Waals surface area (Å²) >= 11 is 1.52. The van der Waals surface area contributed by atoms with Crippen molar-refractivity contribution in [2.24, 2.45) is 0 Å². The molecule has 0 saturated heterocycles. The van der Waals surface area contributed by atoms with Gasteiger partial charge in [-0.15, -0.1) is 0 Å². The molecule has 2 rings (SSSR count). The number of aromatic nitrogens is 3. The van der Waals surface area contributed by atoms with E-state index in [1.54, 1.807) is 12.1 Å². The Labute approximate surface area is 144 Å². The van der Waals surface area contributed by atoms with Crippen molar-refractivity contribution in [3.63, 3.8) is 0 Å². The Morgan fingerprint density at radius 3 is 2.75 bits per heavy atom. The molecule has 1 amide bonds. The second-order valence-corrected chi connectivity index (χ2v) is 6.02. The summed E-state index contributed by atoms with van der Waals surface area (Å²) in [4.78, 5) is 27.4. The molecule has 128 valence electrons. The average Bonchev–Trinajstić information content (AvgIpc) is 3.12. The van der Waals surface area contributed by atoms with Crippen LogP contribution in [0.3, 0.4) is 0 Å². The molecule has 0 aliphatic carbocycles. The van der Waals surface area contributed by atoms with E-state index in [-0.39, 0.29) is 12.5 Å². The molecule has 0 unspecified atom stereocenters. The monoisotopic (exact) mass is 348 g/mol. The molecular formula is C16H20N4O3S. The number of rotatable bonds is 9. The third-order valence-electron chi connectivity index (χ3n) is 3.14. The van der Waals surface area contributed by atoms with Crippen LogP contribution in [0, 0.1) is 0 Å². The van der Waals surface area contributed by atoms with Crippen LogP contribution >= 0.6 is 11.8 Å². The van der Waals surface area contributed by atoms with Crippen LogP contribution in [0.25, 0.3) is 0 Å². The van der Waals surface area contributed by atoms with Crippen molar-refractivity contribution in [1.29, 1.82) is 0 Å². The van der Waals surface area contributed by atoms with Crippen molar-refractivity contribution >= 4 is 23.6 Å². The number of H-pyrrole nitrogens is 1. The third-order valence-corrected chi connectivity index (χ3v) is 4.09.